The quantitative estimate of drug-likeness (QED) is 0.139. The van der Waals surface area contributed by atoms with E-state index >= 15 is 0 Å². The Bertz CT molecular complexity index is 1960. The predicted octanol–water partition coefficient (Wildman–Crippen LogP) is 13.0. The van der Waals surface area contributed by atoms with Gasteiger partial charge in [0.05, 0.1) is 17.4 Å². The maximum absolute atomic E-state index is 6.27. The van der Waals surface area contributed by atoms with Crippen molar-refractivity contribution in [1.82, 2.24) is 4.98 Å². The third-order valence-electron chi connectivity index (χ3n) is 10.3. The smallest absolute Gasteiger partial charge is 0.227 e. The molecule has 2 heterocycles. The number of benzene rings is 4. The minimum Gasteiger partial charge on any atom is -0.436 e. The highest BCUT2D eigenvalue weighted by molar-refractivity contribution is 6.01. The van der Waals surface area contributed by atoms with Crippen LogP contribution in [0.5, 0.6) is 0 Å². The number of fused-ring (bicyclic) bond motifs is 1. The van der Waals surface area contributed by atoms with Gasteiger partial charge in [-0.3, -0.25) is 5.01 Å². The fraction of sp³-hybridized carbons (Fsp3) is 0.391. The standard InChI is InChI=1S/C46H55N3O/c1-10-11-12-29-46(8,9)37-24-28-42-40(30-37)47-43(50-42)34-18-26-39(27-19-34)49-41(33-16-22-36(23-17-33)45(5,6)7)31-38(48-49)25-15-32-13-20-35(21-14-32)44(2,3)4/h13-28,30,41H,10-12,29,31H2,1-9H3. The fourth-order valence-electron chi connectivity index (χ4n) is 6.81. The molecule has 0 saturated carbocycles. The first kappa shape index (κ1) is 35.4. The van der Waals surface area contributed by atoms with Crippen molar-refractivity contribution in [3.8, 4) is 11.5 Å². The van der Waals surface area contributed by atoms with Gasteiger partial charge in [0, 0.05) is 12.0 Å². The fourth-order valence-corrected chi connectivity index (χ4v) is 6.81. The molecule has 0 amide bonds. The molecule has 5 aromatic rings. The van der Waals surface area contributed by atoms with E-state index < -0.39 is 0 Å². The number of rotatable bonds is 10. The monoisotopic (exact) mass is 665 g/mol. The van der Waals surface area contributed by atoms with Gasteiger partial charge >= 0.3 is 0 Å². The van der Waals surface area contributed by atoms with Gasteiger partial charge in [-0.25, -0.2) is 4.98 Å². The van der Waals surface area contributed by atoms with Crippen LogP contribution in [-0.4, -0.2) is 10.7 Å². The Morgan fingerprint density at radius 2 is 1.34 bits per heavy atom. The molecule has 1 aromatic heterocycles. The van der Waals surface area contributed by atoms with Crippen molar-refractivity contribution in [3.05, 3.63) is 125 Å². The van der Waals surface area contributed by atoms with E-state index in [1.54, 1.807) is 0 Å². The van der Waals surface area contributed by atoms with Gasteiger partial charge in [0.15, 0.2) is 5.58 Å². The molecule has 0 saturated heterocycles. The van der Waals surface area contributed by atoms with Crippen LogP contribution < -0.4 is 5.01 Å². The molecular formula is C46H55N3O. The maximum Gasteiger partial charge on any atom is 0.227 e. The van der Waals surface area contributed by atoms with Crippen molar-refractivity contribution in [2.45, 2.75) is 117 Å². The van der Waals surface area contributed by atoms with Crippen LogP contribution in [0.1, 0.15) is 128 Å². The summed E-state index contributed by atoms with van der Waals surface area (Å²) in [4.78, 5) is 4.94. The summed E-state index contributed by atoms with van der Waals surface area (Å²) in [6, 6.07) is 33.1. The molecular weight excluding hydrogens is 611 g/mol. The van der Waals surface area contributed by atoms with Gasteiger partial charge in [-0.15, -0.1) is 0 Å². The Kier molecular flexibility index (Phi) is 9.95. The lowest BCUT2D eigenvalue weighted by molar-refractivity contribution is 0.450. The Morgan fingerprint density at radius 1 is 0.720 bits per heavy atom. The first-order valence-electron chi connectivity index (χ1n) is 18.5. The molecule has 1 aliphatic heterocycles. The highest BCUT2D eigenvalue weighted by Gasteiger charge is 2.29. The molecule has 0 fully saturated rings. The number of oxazole rings is 1. The molecule has 1 atom stereocenters. The van der Waals surface area contributed by atoms with Crippen molar-refractivity contribution in [2.75, 3.05) is 5.01 Å². The Labute approximate surface area is 300 Å². The molecule has 0 N–H and O–H groups in total. The Balaban J connectivity index is 1.26. The summed E-state index contributed by atoms with van der Waals surface area (Å²) in [5, 5.41) is 7.36. The highest BCUT2D eigenvalue weighted by Crippen LogP contribution is 2.38. The van der Waals surface area contributed by atoms with E-state index in [9.17, 15) is 0 Å². The molecule has 0 bridgehead atoms. The van der Waals surface area contributed by atoms with Crippen LogP contribution in [0, 0.1) is 0 Å². The second kappa shape index (κ2) is 14.1. The molecule has 0 radical (unpaired) electrons. The summed E-state index contributed by atoms with van der Waals surface area (Å²) in [6.45, 7) is 20.5. The van der Waals surface area contributed by atoms with E-state index in [1.807, 2.05) is 0 Å². The summed E-state index contributed by atoms with van der Waals surface area (Å²) in [6.07, 6.45) is 10.1. The van der Waals surface area contributed by atoms with Crippen molar-refractivity contribution in [1.29, 1.82) is 0 Å². The van der Waals surface area contributed by atoms with Crippen LogP contribution >= 0.6 is 0 Å². The largest absolute Gasteiger partial charge is 0.436 e. The van der Waals surface area contributed by atoms with Gasteiger partial charge in [0.1, 0.15) is 5.52 Å². The van der Waals surface area contributed by atoms with Gasteiger partial charge < -0.3 is 4.42 Å². The molecule has 0 spiro atoms. The highest BCUT2D eigenvalue weighted by atomic mass is 16.3. The van der Waals surface area contributed by atoms with Gasteiger partial charge in [-0.1, -0.05) is 142 Å². The maximum atomic E-state index is 6.27. The SMILES string of the molecule is CCCCCC(C)(C)c1ccc2oc(-c3ccc(N4N=C(C=Cc5ccc(C(C)(C)C)cc5)CC4c4ccc(C(C)(C)C)cc4)cc3)nc2c1. The number of nitrogens with zero attached hydrogens (tertiary/aromatic N) is 3. The first-order valence-corrected chi connectivity index (χ1v) is 18.5. The van der Waals surface area contributed by atoms with E-state index in [0.717, 1.165) is 34.5 Å². The molecule has 4 heteroatoms. The van der Waals surface area contributed by atoms with Crippen LogP contribution in [0.2, 0.25) is 0 Å². The van der Waals surface area contributed by atoms with E-state index in [0.29, 0.717) is 5.89 Å². The number of hydrazone groups is 1. The first-order chi connectivity index (χ1) is 23.7. The molecule has 4 nitrogen and oxygen atoms in total. The summed E-state index contributed by atoms with van der Waals surface area (Å²) < 4.78 is 6.27. The molecule has 50 heavy (non-hydrogen) atoms. The number of anilines is 1. The number of unbranched alkanes of at least 4 members (excludes halogenated alkanes) is 2. The average molecular weight is 666 g/mol. The molecule has 4 aromatic carbocycles. The zero-order chi connectivity index (χ0) is 35.7. The molecule has 0 aliphatic carbocycles. The van der Waals surface area contributed by atoms with Gasteiger partial charge in [-0.05, 0) is 93.0 Å². The van der Waals surface area contributed by atoms with Crippen LogP contribution in [0.25, 0.3) is 28.6 Å². The lowest BCUT2D eigenvalue weighted by Gasteiger charge is -2.25. The third-order valence-corrected chi connectivity index (χ3v) is 10.3. The summed E-state index contributed by atoms with van der Waals surface area (Å²) >= 11 is 0. The Morgan fingerprint density at radius 3 is 1.96 bits per heavy atom. The van der Waals surface area contributed by atoms with Crippen LogP contribution in [-0.2, 0) is 16.2 Å². The molecule has 1 unspecified atom stereocenters. The zero-order valence-corrected chi connectivity index (χ0v) is 31.7. The second-order valence-corrected chi connectivity index (χ2v) is 16.8. The summed E-state index contributed by atoms with van der Waals surface area (Å²) in [7, 11) is 0. The second-order valence-electron chi connectivity index (χ2n) is 16.8. The molecule has 1 aliphatic rings. The van der Waals surface area contributed by atoms with E-state index in [4.69, 9.17) is 14.5 Å². The van der Waals surface area contributed by atoms with Gasteiger partial charge in [0.2, 0.25) is 5.89 Å². The van der Waals surface area contributed by atoms with Crippen LogP contribution in [0.15, 0.2) is 107 Å². The van der Waals surface area contributed by atoms with Crippen LogP contribution in [0.3, 0.4) is 0 Å². The topological polar surface area (TPSA) is 41.6 Å². The van der Waals surface area contributed by atoms with E-state index in [-0.39, 0.29) is 22.3 Å². The number of allylic oxidation sites excluding steroid dienone is 1. The van der Waals surface area contributed by atoms with E-state index in [1.165, 1.54) is 53.5 Å². The van der Waals surface area contributed by atoms with Gasteiger partial charge in [-0.2, -0.15) is 5.10 Å². The lowest BCUT2D eigenvalue weighted by atomic mass is 9.80. The predicted molar refractivity (Wildman–Crippen MR) is 213 cm³/mol. The summed E-state index contributed by atoms with van der Waals surface area (Å²) in [5.41, 5.74) is 11.6. The van der Waals surface area contributed by atoms with Crippen molar-refractivity contribution in [3.63, 3.8) is 0 Å². The summed E-state index contributed by atoms with van der Waals surface area (Å²) in [5.74, 6) is 0.646. The minimum atomic E-state index is 0.0983. The minimum absolute atomic E-state index is 0.0983. The average Bonchev–Trinajstić information content (AvgIpc) is 3.71. The van der Waals surface area contributed by atoms with Crippen molar-refractivity contribution in [2.24, 2.45) is 5.10 Å². The molecule has 260 valence electrons. The lowest BCUT2D eigenvalue weighted by Crippen LogP contribution is -2.19. The number of hydrogen-bond donors (Lipinski definition) is 0. The zero-order valence-electron chi connectivity index (χ0n) is 31.7. The van der Waals surface area contributed by atoms with Gasteiger partial charge in [0.25, 0.3) is 0 Å². The van der Waals surface area contributed by atoms with Crippen molar-refractivity contribution >= 4 is 28.6 Å². The molecule has 6 rings (SSSR count). The Hall–Kier alpha value is -4.44. The third kappa shape index (κ3) is 7.96. The van der Waals surface area contributed by atoms with Crippen LogP contribution in [0.4, 0.5) is 5.69 Å². The number of aromatic nitrogens is 1. The van der Waals surface area contributed by atoms with Crippen molar-refractivity contribution < 1.29 is 4.42 Å². The normalized spacial score (nSPS) is 15.7. The van der Waals surface area contributed by atoms with E-state index in [2.05, 4.69) is 170 Å². The number of hydrogen-bond acceptors (Lipinski definition) is 4.